The molecule has 0 aliphatic heterocycles. The number of ether oxygens (including phenoxy) is 1. The molecule has 0 bridgehead atoms. The third-order valence-corrected chi connectivity index (χ3v) is 10.3. The van der Waals surface area contributed by atoms with E-state index in [4.69, 9.17) is 4.74 Å². The molecule has 256 valence electrons. The van der Waals surface area contributed by atoms with E-state index in [2.05, 4.69) is 13.8 Å². The first kappa shape index (κ1) is 47.1. The number of hydrogen-bond donors (Lipinski definition) is 0. The van der Waals surface area contributed by atoms with E-state index in [0.717, 1.165) is 51.4 Å². The molecule has 7 nitrogen and oxygen atoms in total. The number of aryl methyl sites for hydroxylation is 2. The van der Waals surface area contributed by atoms with Crippen LogP contribution in [0.15, 0.2) is 46.2 Å². The Kier molecular flexibility index (Phi) is 26.8. The minimum atomic E-state index is -4.75. The largest absolute Gasteiger partial charge is 1.00 e. The monoisotopic (exact) mass is 710 g/mol. The Hall–Kier alpha value is 0.0600. The maximum atomic E-state index is 12.1. The average molecular weight is 711 g/mol. The van der Waals surface area contributed by atoms with Crippen molar-refractivity contribution in [2.24, 2.45) is 0 Å². The number of rotatable bonds is 26. The number of hydrogen-bond acceptors (Lipinski definition) is 7. The molecule has 0 amide bonds. The van der Waals surface area contributed by atoms with E-state index in [0.29, 0.717) is 24.0 Å². The second kappa shape index (κ2) is 26.8. The topological polar surface area (TPSA) is 124 Å². The van der Waals surface area contributed by atoms with Crippen LogP contribution in [0.3, 0.4) is 0 Å². The van der Waals surface area contributed by atoms with Gasteiger partial charge >= 0.3 is 59.1 Å². The number of benzene rings is 2. The molecule has 0 aliphatic rings. The number of unbranched alkanes of at least 4 members (excludes halogenated alkanes) is 18. The van der Waals surface area contributed by atoms with E-state index < -0.39 is 20.2 Å². The van der Waals surface area contributed by atoms with Crippen LogP contribution in [0.5, 0.6) is 11.5 Å². The zero-order valence-electron chi connectivity index (χ0n) is 29.7. The van der Waals surface area contributed by atoms with E-state index in [-0.39, 0.29) is 80.4 Å². The molecule has 0 fully saturated rings. The van der Waals surface area contributed by atoms with Crippen molar-refractivity contribution < 1.29 is 89.8 Å². The summed E-state index contributed by atoms with van der Waals surface area (Å²) in [5.74, 6) is 0.181. The quantitative estimate of drug-likeness (QED) is 0.0814. The average Bonchev–Trinajstić information content (AvgIpc) is 2.99. The molecule has 0 radical (unpaired) electrons. The van der Waals surface area contributed by atoms with Crippen molar-refractivity contribution in [3.05, 3.63) is 47.5 Å². The van der Waals surface area contributed by atoms with Crippen LogP contribution in [0.2, 0.25) is 0 Å². The van der Waals surface area contributed by atoms with Crippen LogP contribution in [0, 0.1) is 0 Å². The van der Waals surface area contributed by atoms with Gasteiger partial charge in [0.2, 0.25) is 0 Å². The van der Waals surface area contributed by atoms with Crippen LogP contribution in [-0.4, -0.2) is 25.9 Å². The zero-order valence-corrected chi connectivity index (χ0v) is 35.3. The Morgan fingerprint density at radius 3 is 1.02 bits per heavy atom. The molecule has 0 saturated carbocycles. The summed E-state index contributed by atoms with van der Waals surface area (Å²) in [5, 5.41) is 0. The summed E-state index contributed by atoms with van der Waals surface area (Å²) in [7, 11) is -9.50. The molecule has 0 heterocycles. The molecule has 2 aromatic rings. The molecule has 47 heavy (non-hydrogen) atoms. The smallest absolute Gasteiger partial charge is 0.744 e. The molecule has 0 aromatic heterocycles. The minimum Gasteiger partial charge on any atom is -0.744 e. The van der Waals surface area contributed by atoms with Crippen LogP contribution in [0.4, 0.5) is 0 Å². The van der Waals surface area contributed by atoms with Gasteiger partial charge in [-0.3, -0.25) is 0 Å². The second-order valence-corrected chi connectivity index (χ2v) is 15.1. The summed E-state index contributed by atoms with van der Waals surface area (Å²) < 4.78 is 78.2. The first-order valence-electron chi connectivity index (χ1n) is 17.4. The molecule has 0 atom stereocenters. The zero-order chi connectivity index (χ0) is 33.0. The summed E-state index contributed by atoms with van der Waals surface area (Å²) >= 11 is 0. The molecule has 0 unspecified atom stereocenters. The predicted octanol–water partition coefficient (Wildman–Crippen LogP) is 4.22. The molecular formula is C36H56Na2O7S2. The van der Waals surface area contributed by atoms with Gasteiger partial charge in [0.25, 0.3) is 0 Å². The Morgan fingerprint density at radius 1 is 0.468 bits per heavy atom. The minimum absolute atomic E-state index is 0. The third kappa shape index (κ3) is 20.5. The summed E-state index contributed by atoms with van der Waals surface area (Å²) in [5.41, 5.74) is 0.901. The maximum absolute atomic E-state index is 12.1. The van der Waals surface area contributed by atoms with Crippen molar-refractivity contribution in [1.29, 1.82) is 0 Å². The van der Waals surface area contributed by atoms with Gasteiger partial charge in [-0.25, -0.2) is 16.8 Å². The Balaban J connectivity index is 0.0000106. The van der Waals surface area contributed by atoms with Gasteiger partial charge in [-0.1, -0.05) is 142 Å². The van der Waals surface area contributed by atoms with Crippen LogP contribution in [-0.2, 0) is 33.1 Å². The van der Waals surface area contributed by atoms with Gasteiger partial charge < -0.3 is 13.8 Å². The van der Waals surface area contributed by atoms with Crippen molar-refractivity contribution >= 4 is 20.2 Å². The van der Waals surface area contributed by atoms with Crippen molar-refractivity contribution in [3.8, 4) is 11.5 Å². The van der Waals surface area contributed by atoms with Gasteiger partial charge in [-0.05, 0) is 61.1 Å². The van der Waals surface area contributed by atoms with Crippen molar-refractivity contribution in [2.75, 3.05) is 0 Å². The maximum Gasteiger partial charge on any atom is 1.00 e. The van der Waals surface area contributed by atoms with Crippen LogP contribution < -0.4 is 63.9 Å². The van der Waals surface area contributed by atoms with E-state index in [1.165, 1.54) is 89.2 Å². The van der Waals surface area contributed by atoms with Gasteiger partial charge in [0.15, 0.2) is 0 Å². The van der Waals surface area contributed by atoms with E-state index >= 15 is 0 Å². The summed E-state index contributed by atoms with van der Waals surface area (Å²) in [4.78, 5) is -0.657. The molecular weight excluding hydrogens is 655 g/mol. The molecule has 2 rings (SSSR count). The molecule has 2 aromatic carbocycles. The predicted molar refractivity (Wildman–Crippen MR) is 180 cm³/mol. The molecule has 0 spiro atoms. The van der Waals surface area contributed by atoms with Crippen LogP contribution in [0.25, 0.3) is 0 Å². The second-order valence-electron chi connectivity index (χ2n) is 12.4. The van der Waals surface area contributed by atoms with Gasteiger partial charge in [0.05, 0.1) is 9.79 Å². The fourth-order valence-corrected chi connectivity index (χ4v) is 7.32. The van der Waals surface area contributed by atoms with E-state index in [1.54, 1.807) is 24.3 Å². The van der Waals surface area contributed by atoms with Gasteiger partial charge in [-0.15, -0.1) is 0 Å². The Bertz CT molecular complexity index is 1230. The SMILES string of the molecule is CCCCCCCCCCCCc1ccc(Oc2ccc(CCCCCCCCCCCC)c(S(=O)(=O)[O-])c2)cc1S(=O)(=O)[O-].[Na+].[Na+]. The molecule has 0 saturated heterocycles. The fourth-order valence-electron chi connectivity index (χ4n) is 5.82. The normalized spacial score (nSPS) is 11.6. The summed E-state index contributed by atoms with van der Waals surface area (Å²) in [6, 6.07) is 8.69. The van der Waals surface area contributed by atoms with Gasteiger partial charge in [0, 0.05) is 0 Å². The standard InChI is InChI=1S/C36H58O7S2.2Na/c1-3-5-7-9-11-13-15-17-19-21-23-31-25-27-33(29-35(31)44(37,38)39)43-34-28-26-32(36(30-34)45(40,41)42)24-22-20-18-16-14-12-10-8-6-4-2;;/h25-30H,3-24H2,1-2H3,(H,37,38,39)(H,40,41,42);;/q;2*+1/p-2. The third-order valence-electron chi connectivity index (χ3n) is 8.45. The van der Waals surface area contributed by atoms with Crippen LogP contribution >= 0.6 is 0 Å². The summed E-state index contributed by atoms with van der Waals surface area (Å²) in [6.45, 7) is 4.42. The Labute approximate surface area is 330 Å². The van der Waals surface area contributed by atoms with Crippen molar-refractivity contribution in [2.45, 2.75) is 165 Å². The van der Waals surface area contributed by atoms with Gasteiger partial charge in [-0.2, -0.15) is 0 Å². The van der Waals surface area contributed by atoms with Crippen molar-refractivity contribution in [1.82, 2.24) is 0 Å². The van der Waals surface area contributed by atoms with E-state index in [9.17, 15) is 25.9 Å². The first-order chi connectivity index (χ1) is 21.6. The van der Waals surface area contributed by atoms with E-state index in [1.807, 2.05) is 0 Å². The molecule has 0 N–H and O–H groups in total. The first-order valence-corrected chi connectivity index (χ1v) is 20.2. The van der Waals surface area contributed by atoms with Crippen LogP contribution in [0.1, 0.15) is 153 Å². The summed E-state index contributed by atoms with van der Waals surface area (Å²) in [6.07, 6.45) is 24.1. The fraction of sp³-hybridized carbons (Fsp3) is 0.667. The van der Waals surface area contributed by atoms with Crippen molar-refractivity contribution in [3.63, 3.8) is 0 Å². The molecule has 11 heteroatoms. The Morgan fingerprint density at radius 2 is 0.745 bits per heavy atom. The molecule has 0 aliphatic carbocycles. The van der Waals surface area contributed by atoms with Gasteiger partial charge in [0.1, 0.15) is 31.7 Å².